The Kier molecular flexibility index (Phi) is 4.78. The molecule has 0 aliphatic heterocycles. The molecule has 2 heterocycles. The lowest BCUT2D eigenvalue weighted by Crippen LogP contribution is -2.40. The summed E-state index contributed by atoms with van der Waals surface area (Å²) in [7, 11) is 1.17. The number of ketones is 1. The molecule has 0 aliphatic carbocycles. The van der Waals surface area contributed by atoms with E-state index in [9.17, 15) is 14.4 Å². The van der Waals surface area contributed by atoms with Gasteiger partial charge in [-0.15, -0.1) is 0 Å². The van der Waals surface area contributed by atoms with E-state index in [-0.39, 0.29) is 12.3 Å². The van der Waals surface area contributed by atoms with Crippen molar-refractivity contribution in [3.05, 3.63) is 36.2 Å². The van der Waals surface area contributed by atoms with Crippen LogP contribution in [0.4, 0.5) is 0 Å². The van der Waals surface area contributed by atoms with Gasteiger partial charge in [-0.3, -0.25) is 14.4 Å². The fourth-order valence-corrected chi connectivity index (χ4v) is 2.30. The highest BCUT2D eigenvalue weighted by molar-refractivity contribution is 6.13. The van der Waals surface area contributed by atoms with E-state index in [4.69, 9.17) is 9.47 Å². The molecule has 23 heavy (non-hydrogen) atoms. The average molecular weight is 318 g/mol. The van der Waals surface area contributed by atoms with Gasteiger partial charge < -0.3 is 9.47 Å². The monoisotopic (exact) mass is 318 g/mol. The quantitative estimate of drug-likeness (QED) is 0.457. The first kappa shape index (κ1) is 16.7. The number of ether oxygens (including phenoxy) is 2. The number of hydrogen-bond donors (Lipinski definition) is 0. The normalized spacial score (nSPS) is 13.3. The van der Waals surface area contributed by atoms with Gasteiger partial charge in [0.2, 0.25) is 5.78 Å². The summed E-state index contributed by atoms with van der Waals surface area (Å²) in [4.78, 5) is 36.7. The van der Waals surface area contributed by atoms with Crippen LogP contribution >= 0.6 is 0 Å². The van der Waals surface area contributed by atoms with Gasteiger partial charge in [-0.2, -0.15) is 5.10 Å². The van der Waals surface area contributed by atoms with Gasteiger partial charge in [-0.25, -0.2) is 4.52 Å². The maximum Gasteiger partial charge on any atom is 0.320 e. The van der Waals surface area contributed by atoms with Crippen LogP contribution in [0.3, 0.4) is 0 Å². The summed E-state index contributed by atoms with van der Waals surface area (Å²) in [6.07, 6.45) is 1.28. The Morgan fingerprint density at radius 1 is 1.30 bits per heavy atom. The van der Waals surface area contributed by atoms with E-state index in [1.807, 2.05) is 6.07 Å². The fraction of sp³-hybridized carbons (Fsp3) is 0.375. The highest BCUT2D eigenvalue weighted by Crippen LogP contribution is 2.29. The molecule has 1 atom stereocenters. The van der Waals surface area contributed by atoms with Crippen LogP contribution in [-0.2, 0) is 19.1 Å². The predicted octanol–water partition coefficient (Wildman–Crippen LogP) is 1.65. The molecule has 7 heteroatoms. The van der Waals surface area contributed by atoms with Crippen molar-refractivity contribution in [3.63, 3.8) is 0 Å². The van der Waals surface area contributed by atoms with Crippen molar-refractivity contribution >= 4 is 23.2 Å². The Balaban J connectivity index is 2.39. The van der Waals surface area contributed by atoms with Crippen molar-refractivity contribution in [3.8, 4) is 0 Å². The molecule has 2 aromatic heterocycles. The number of carbonyl (C=O) groups excluding carboxylic acids is 3. The molecule has 0 N–H and O–H groups in total. The summed E-state index contributed by atoms with van der Waals surface area (Å²) in [6.45, 7) is 3.18. The van der Waals surface area contributed by atoms with Crippen LogP contribution in [0, 0.1) is 5.41 Å². The second kappa shape index (κ2) is 6.60. The van der Waals surface area contributed by atoms with Crippen molar-refractivity contribution < 1.29 is 23.9 Å². The Labute approximate surface area is 133 Å². The Morgan fingerprint density at radius 3 is 2.65 bits per heavy atom. The van der Waals surface area contributed by atoms with Gasteiger partial charge in [0, 0.05) is 6.20 Å². The van der Waals surface area contributed by atoms with Gasteiger partial charge in [-0.1, -0.05) is 6.07 Å². The van der Waals surface area contributed by atoms with Gasteiger partial charge in [0.25, 0.3) is 0 Å². The van der Waals surface area contributed by atoms with Crippen molar-refractivity contribution in [1.29, 1.82) is 0 Å². The number of nitrogens with zero attached hydrogens (tertiary/aromatic N) is 2. The molecule has 0 saturated heterocycles. The number of aromatic nitrogens is 2. The highest BCUT2D eigenvalue weighted by Gasteiger charge is 2.46. The average Bonchev–Trinajstić information content (AvgIpc) is 2.97. The molecular weight excluding hydrogens is 300 g/mol. The van der Waals surface area contributed by atoms with Gasteiger partial charge >= 0.3 is 11.9 Å². The Hall–Kier alpha value is -2.70. The standard InChI is InChI=1S/C16H18N2O5/c1-4-23-13(19)10-16(2,15(21)22-3)14(20)12-9-11-7-5-6-8-18(11)17-12/h5-9H,4,10H2,1-3H3. The molecular formula is C16H18N2O5. The number of carbonyl (C=O) groups is 3. The number of pyridine rings is 1. The summed E-state index contributed by atoms with van der Waals surface area (Å²) in [5.41, 5.74) is -0.883. The van der Waals surface area contributed by atoms with E-state index in [0.717, 1.165) is 0 Å². The summed E-state index contributed by atoms with van der Waals surface area (Å²) in [6, 6.07) is 6.93. The lowest BCUT2D eigenvalue weighted by Gasteiger charge is -2.23. The highest BCUT2D eigenvalue weighted by atomic mass is 16.5. The topological polar surface area (TPSA) is 87.0 Å². The molecule has 2 aromatic rings. The number of hydrogen-bond acceptors (Lipinski definition) is 6. The number of Topliss-reactive ketones (excluding diaryl/α,β-unsaturated/α-hetero) is 1. The molecule has 0 saturated carbocycles. The molecule has 0 fully saturated rings. The minimum atomic E-state index is -1.68. The lowest BCUT2D eigenvalue weighted by atomic mass is 9.81. The van der Waals surface area contributed by atoms with Crippen molar-refractivity contribution in [2.45, 2.75) is 20.3 Å². The summed E-state index contributed by atoms with van der Waals surface area (Å²) >= 11 is 0. The van der Waals surface area contributed by atoms with Crippen LogP contribution in [-0.4, -0.2) is 41.1 Å². The minimum Gasteiger partial charge on any atom is -0.468 e. The molecule has 122 valence electrons. The zero-order valence-electron chi connectivity index (χ0n) is 13.2. The van der Waals surface area contributed by atoms with Crippen LogP contribution in [0.25, 0.3) is 5.52 Å². The van der Waals surface area contributed by atoms with Crippen molar-refractivity contribution in [2.75, 3.05) is 13.7 Å². The maximum atomic E-state index is 12.8. The summed E-state index contributed by atoms with van der Waals surface area (Å²) < 4.78 is 11.1. The van der Waals surface area contributed by atoms with Crippen molar-refractivity contribution in [1.82, 2.24) is 9.61 Å². The Bertz CT molecular complexity index is 719. The van der Waals surface area contributed by atoms with Crippen LogP contribution in [0.2, 0.25) is 0 Å². The fourth-order valence-electron chi connectivity index (χ4n) is 2.30. The van der Waals surface area contributed by atoms with Gasteiger partial charge in [0.05, 0.1) is 25.7 Å². The Morgan fingerprint density at radius 2 is 2.04 bits per heavy atom. The van der Waals surface area contributed by atoms with E-state index in [1.165, 1.54) is 18.5 Å². The molecule has 0 spiro atoms. The summed E-state index contributed by atoms with van der Waals surface area (Å²) in [5, 5.41) is 4.16. The smallest absolute Gasteiger partial charge is 0.320 e. The van der Waals surface area contributed by atoms with Crippen LogP contribution < -0.4 is 0 Å². The second-order valence-corrected chi connectivity index (χ2v) is 5.23. The molecule has 0 bridgehead atoms. The first-order chi connectivity index (χ1) is 10.9. The molecule has 2 rings (SSSR count). The zero-order valence-corrected chi connectivity index (χ0v) is 13.2. The molecule has 0 aromatic carbocycles. The second-order valence-electron chi connectivity index (χ2n) is 5.23. The number of fused-ring (bicyclic) bond motifs is 1. The predicted molar refractivity (Wildman–Crippen MR) is 80.9 cm³/mol. The van der Waals surface area contributed by atoms with Gasteiger partial charge in [-0.05, 0) is 32.0 Å². The largest absolute Gasteiger partial charge is 0.468 e. The van der Waals surface area contributed by atoms with Gasteiger partial charge in [0.1, 0.15) is 11.1 Å². The first-order valence-corrected chi connectivity index (χ1v) is 7.15. The number of rotatable bonds is 6. The molecule has 0 radical (unpaired) electrons. The molecule has 1 unspecified atom stereocenters. The van der Waals surface area contributed by atoms with E-state index >= 15 is 0 Å². The van der Waals surface area contributed by atoms with E-state index in [0.29, 0.717) is 5.52 Å². The van der Waals surface area contributed by atoms with E-state index < -0.39 is 29.6 Å². The third-order valence-corrected chi connectivity index (χ3v) is 3.54. The van der Waals surface area contributed by atoms with Gasteiger partial charge in [0.15, 0.2) is 0 Å². The van der Waals surface area contributed by atoms with E-state index in [1.54, 1.807) is 31.3 Å². The maximum absolute atomic E-state index is 12.8. The van der Waals surface area contributed by atoms with Crippen LogP contribution in [0.15, 0.2) is 30.5 Å². The number of methoxy groups -OCH3 is 1. The SMILES string of the molecule is CCOC(=O)CC(C)(C(=O)OC)C(=O)c1cc2ccccn2n1. The molecule has 7 nitrogen and oxygen atoms in total. The number of esters is 2. The zero-order chi connectivity index (χ0) is 17.0. The molecule has 0 amide bonds. The van der Waals surface area contributed by atoms with Crippen LogP contribution in [0.5, 0.6) is 0 Å². The van der Waals surface area contributed by atoms with Crippen LogP contribution in [0.1, 0.15) is 30.8 Å². The molecule has 0 aliphatic rings. The summed E-state index contributed by atoms with van der Waals surface area (Å²) in [5.74, 6) is -2.02. The van der Waals surface area contributed by atoms with E-state index in [2.05, 4.69) is 5.10 Å². The minimum absolute atomic E-state index is 0.0911. The lowest BCUT2D eigenvalue weighted by molar-refractivity contribution is -0.156. The first-order valence-electron chi connectivity index (χ1n) is 7.15. The third-order valence-electron chi connectivity index (χ3n) is 3.54. The van der Waals surface area contributed by atoms with Crippen molar-refractivity contribution in [2.24, 2.45) is 5.41 Å². The third kappa shape index (κ3) is 3.23.